The molecule has 264 valence electrons. The maximum atomic E-state index is 11.2. The van der Waals surface area contributed by atoms with E-state index in [0.29, 0.717) is 0 Å². The fourth-order valence-electron chi connectivity index (χ4n) is 5.06. The molecule has 3 fully saturated rings. The second-order valence-electron chi connectivity index (χ2n) is 10.8. The van der Waals surface area contributed by atoms with E-state index in [1.54, 1.807) is 0 Å². The SMILES string of the molecule is O=C[C@H](O)[C@@H](O[C@@H]1O[C@H](CO)[C@@H](O)[C@H](O[C@@H]2O[C@H](CO)[C@@H](O)[C@H](O[C@@H]3O[C@H](CO)[C@@H](O)[C@H](O)[C@H]3O)[C@H]2O)[C@H]1O)[C@H](O)[C@H](O)CO. The lowest BCUT2D eigenvalue weighted by molar-refractivity contribution is -0.384. The second kappa shape index (κ2) is 16.8. The molecule has 0 amide bonds. The van der Waals surface area contributed by atoms with Gasteiger partial charge in [-0.05, 0) is 0 Å². The minimum Gasteiger partial charge on any atom is -0.394 e. The average Bonchev–Trinajstić information content (AvgIpc) is 3.04. The van der Waals surface area contributed by atoms with Crippen molar-refractivity contribution in [1.82, 2.24) is 0 Å². The molecule has 3 aliphatic rings. The van der Waals surface area contributed by atoms with Gasteiger partial charge in [0.15, 0.2) is 25.2 Å². The molecule has 0 bridgehead atoms. The van der Waals surface area contributed by atoms with E-state index in [-0.39, 0.29) is 6.29 Å². The molecule has 21 nitrogen and oxygen atoms in total. The van der Waals surface area contributed by atoms with Crippen molar-refractivity contribution in [3.63, 3.8) is 0 Å². The van der Waals surface area contributed by atoms with Crippen LogP contribution < -0.4 is 0 Å². The topological polar surface area (TPSA) is 356 Å². The van der Waals surface area contributed by atoms with E-state index < -0.39 is 143 Å². The molecular formula is C24H42O21. The normalized spacial score (nSPS) is 45.4. The standard InChI is InChI=1S/C24H42O21/c25-1-6(30)11(32)19(7(31)2-26)43-23-17(38)21(14(35)9(4-28)41-23)45-24-18(39)20(13(34)10(5-29)42-24)44-22-16(37)15(36)12(33)8(3-27)40-22/h2,6-25,27-39H,1,3-5H2/t6-,7+,8-,9-,10-,11-,12-,13-,14-,15+,16-,17-,18-,19-,20+,21+,22+,23+,24+/m1/s1. The van der Waals surface area contributed by atoms with Crippen LogP contribution >= 0.6 is 0 Å². The molecule has 0 saturated carbocycles. The first-order valence-electron chi connectivity index (χ1n) is 13.9. The summed E-state index contributed by atoms with van der Waals surface area (Å²) in [5.74, 6) is 0. The molecule has 45 heavy (non-hydrogen) atoms. The molecule has 0 aromatic carbocycles. The van der Waals surface area contributed by atoms with Crippen molar-refractivity contribution in [3.8, 4) is 0 Å². The summed E-state index contributed by atoms with van der Waals surface area (Å²) in [6.07, 6.45) is -36.3. The molecule has 3 saturated heterocycles. The number of ether oxygens (including phenoxy) is 6. The number of aliphatic hydroxyl groups is 14. The largest absolute Gasteiger partial charge is 0.394 e. The number of carbonyl (C=O) groups excluding carboxylic acids is 1. The van der Waals surface area contributed by atoms with E-state index in [1.807, 2.05) is 0 Å². The second-order valence-corrected chi connectivity index (χ2v) is 10.8. The van der Waals surface area contributed by atoms with E-state index in [4.69, 9.17) is 33.5 Å². The highest BCUT2D eigenvalue weighted by Crippen LogP contribution is 2.33. The Balaban J connectivity index is 1.84. The molecule has 19 atom stereocenters. The summed E-state index contributed by atoms with van der Waals surface area (Å²) in [7, 11) is 0. The Morgan fingerprint density at radius 1 is 0.578 bits per heavy atom. The molecule has 0 spiro atoms. The fourth-order valence-corrected chi connectivity index (χ4v) is 5.06. The Morgan fingerprint density at radius 2 is 1.00 bits per heavy atom. The Hall–Kier alpha value is -1.13. The van der Waals surface area contributed by atoms with Gasteiger partial charge in [-0.15, -0.1) is 0 Å². The lowest BCUT2D eigenvalue weighted by Crippen LogP contribution is -2.67. The highest BCUT2D eigenvalue weighted by molar-refractivity contribution is 5.56. The van der Waals surface area contributed by atoms with Gasteiger partial charge in [0, 0.05) is 0 Å². The van der Waals surface area contributed by atoms with Gasteiger partial charge in [-0.25, -0.2) is 0 Å². The van der Waals surface area contributed by atoms with E-state index in [1.165, 1.54) is 0 Å². The third-order valence-electron chi connectivity index (χ3n) is 7.76. The van der Waals surface area contributed by atoms with Crippen LogP contribution in [0.2, 0.25) is 0 Å². The summed E-state index contributed by atoms with van der Waals surface area (Å²) in [6.45, 7) is -3.75. The van der Waals surface area contributed by atoms with Crippen molar-refractivity contribution in [2.45, 2.75) is 117 Å². The number of aliphatic hydroxyl groups excluding tert-OH is 14. The maximum absolute atomic E-state index is 11.2. The first-order valence-corrected chi connectivity index (χ1v) is 13.9. The fraction of sp³-hybridized carbons (Fsp3) is 0.958. The van der Waals surface area contributed by atoms with Crippen LogP contribution in [0.4, 0.5) is 0 Å². The number of hydrogen-bond acceptors (Lipinski definition) is 21. The Kier molecular flexibility index (Phi) is 14.3. The Labute approximate surface area is 254 Å². The first-order chi connectivity index (χ1) is 21.2. The van der Waals surface area contributed by atoms with Crippen LogP contribution in [0.3, 0.4) is 0 Å². The van der Waals surface area contributed by atoms with Crippen molar-refractivity contribution in [2.24, 2.45) is 0 Å². The minimum absolute atomic E-state index is 0.0956. The van der Waals surface area contributed by atoms with Gasteiger partial charge in [-0.2, -0.15) is 0 Å². The highest BCUT2D eigenvalue weighted by atomic mass is 16.8. The molecule has 0 radical (unpaired) electrons. The van der Waals surface area contributed by atoms with Crippen LogP contribution in [-0.4, -0.2) is 221 Å². The van der Waals surface area contributed by atoms with Crippen LogP contribution in [0.15, 0.2) is 0 Å². The van der Waals surface area contributed by atoms with Crippen molar-refractivity contribution in [2.75, 3.05) is 26.4 Å². The van der Waals surface area contributed by atoms with Gasteiger partial charge in [-0.3, -0.25) is 0 Å². The maximum Gasteiger partial charge on any atom is 0.187 e. The van der Waals surface area contributed by atoms with Crippen LogP contribution in [0.1, 0.15) is 0 Å². The molecule has 3 aliphatic heterocycles. The average molecular weight is 667 g/mol. The highest BCUT2D eigenvalue weighted by Gasteiger charge is 2.54. The van der Waals surface area contributed by atoms with Gasteiger partial charge >= 0.3 is 0 Å². The molecule has 21 heteroatoms. The molecule has 0 unspecified atom stereocenters. The summed E-state index contributed by atoms with van der Waals surface area (Å²) in [6, 6.07) is 0. The van der Waals surface area contributed by atoms with E-state index in [0.717, 1.165) is 0 Å². The number of aldehydes is 1. The smallest absolute Gasteiger partial charge is 0.187 e. The van der Waals surface area contributed by atoms with Crippen LogP contribution in [-0.2, 0) is 33.2 Å². The van der Waals surface area contributed by atoms with Crippen molar-refractivity contribution >= 4 is 6.29 Å². The van der Waals surface area contributed by atoms with Gasteiger partial charge in [0.05, 0.1) is 26.4 Å². The van der Waals surface area contributed by atoms with Gasteiger partial charge in [0.1, 0.15) is 97.7 Å². The molecular weight excluding hydrogens is 624 g/mol. The summed E-state index contributed by atoms with van der Waals surface area (Å²) in [5, 5.41) is 142. The lowest BCUT2D eigenvalue weighted by atomic mass is 9.96. The Bertz CT molecular complexity index is 899. The van der Waals surface area contributed by atoms with Crippen molar-refractivity contribution in [3.05, 3.63) is 0 Å². The van der Waals surface area contributed by atoms with Gasteiger partial charge < -0.3 is 105 Å². The predicted octanol–water partition coefficient (Wildman–Crippen LogP) is -9.91. The quantitative estimate of drug-likeness (QED) is 0.0765. The zero-order chi connectivity index (χ0) is 33.7. The van der Waals surface area contributed by atoms with Gasteiger partial charge in [-0.1, -0.05) is 0 Å². The number of rotatable bonds is 14. The number of hydrogen-bond donors (Lipinski definition) is 14. The summed E-state index contributed by atoms with van der Waals surface area (Å²) >= 11 is 0. The van der Waals surface area contributed by atoms with Crippen molar-refractivity contribution < 1.29 is 105 Å². The molecule has 3 rings (SSSR count). The third-order valence-corrected chi connectivity index (χ3v) is 7.76. The molecule has 0 aromatic heterocycles. The van der Waals surface area contributed by atoms with Crippen LogP contribution in [0.5, 0.6) is 0 Å². The first kappa shape index (κ1) is 38.3. The summed E-state index contributed by atoms with van der Waals surface area (Å²) in [5.41, 5.74) is 0. The minimum atomic E-state index is -2.15. The van der Waals surface area contributed by atoms with E-state index >= 15 is 0 Å². The van der Waals surface area contributed by atoms with Gasteiger partial charge in [0.2, 0.25) is 0 Å². The zero-order valence-corrected chi connectivity index (χ0v) is 23.5. The van der Waals surface area contributed by atoms with Crippen molar-refractivity contribution in [1.29, 1.82) is 0 Å². The van der Waals surface area contributed by atoms with Crippen LogP contribution in [0, 0.1) is 0 Å². The van der Waals surface area contributed by atoms with E-state index in [2.05, 4.69) is 0 Å². The summed E-state index contributed by atoms with van der Waals surface area (Å²) in [4.78, 5) is 11.2. The summed E-state index contributed by atoms with van der Waals surface area (Å²) < 4.78 is 32.2. The third kappa shape index (κ3) is 8.30. The van der Waals surface area contributed by atoms with E-state index in [9.17, 15) is 71.2 Å². The molecule has 14 N–H and O–H groups in total. The molecule has 0 aromatic rings. The molecule has 3 heterocycles. The molecule has 0 aliphatic carbocycles. The van der Waals surface area contributed by atoms with Crippen LogP contribution in [0.25, 0.3) is 0 Å². The predicted molar refractivity (Wildman–Crippen MR) is 135 cm³/mol. The Morgan fingerprint density at radius 3 is 1.44 bits per heavy atom. The monoisotopic (exact) mass is 666 g/mol. The van der Waals surface area contributed by atoms with Gasteiger partial charge in [0.25, 0.3) is 0 Å². The number of carbonyl (C=O) groups is 1. The zero-order valence-electron chi connectivity index (χ0n) is 23.5. The lowest BCUT2D eigenvalue weighted by Gasteiger charge is -2.48.